The molecule has 0 unspecified atom stereocenters. The van der Waals surface area contributed by atoms with Crippen molar-refractivity contribution < 1.29 is 14.7 Å². The molecule has 0 saturated carbocycles. The van der Waals surface area contributed by atoms with Crippen LogP contribution in [0.5, 0.6) is 0 Å². The lowest BCUT2D eigenvalue weighted by atomic mass is 10.1. The Labute approximate surface area is 132 Å². The molecule has 0 aliphatic rings. The predicted molar refractivity (Wildman–Crippen MR) is 86.5 cm³/mol. The number of carboxylic acid groups (broad SMARTS) is 1. The summed E-state index contributed by atoms with van der Waals surface area (Å²) >= 11 is 1.11. The lowest BCUT2D eigenvalue weighted by molar-refractivity contribution is -0.113. The van der Waals surface area contributed by atoms with Crippen LogP contribution >= 0.6 is 11.8 Å². The number of carbonyl (C=O) groups excluding carboxylic acids is 1. The first-order valence-corrected chi connectivity index (χ1v) is 7.64. The second-order valence-electron chi connectivity index (χ2n) is 4.82. The molecule has 0 saturated heterocycles. The Hall–Kier alpha value is -2.34. The molecule has 6 heteroatoms. The van der Waals surface area contributed by atoms with E-state index in [-0.39, 0.29) is 17.2 Å². The summed E-state index contributed by atoms with van der Waals surface area (Å²) in [5.41, 5.74) is 2.91. The third-order valence-corrected chi connectivity index (χ3v) is 4.01. The molecule has 1 aromatic carbocycles. The highest BCUT2D eigenvalue weighted by atomic mass is 32.2. The lowest BCUT2D eigenvalue weighted by Gasteiger charge is -2.09. The van der Waals surface area contributed by atoms with Gasteiger partial charge in [0, 0.05) is 11.9 Å². The Balaban J connectivity index is 2.02. The number of amides is 1. The standard InChI is InChI=1S/C16H16N2O3S/c1-10-5-6-11(2)13(8-10)18-14(19)9-22-15-12(16(20)21)4-3-7-17-15/h3-8H,9H2,1-2H3,(H,18,19)(H,20,21). The molecule has 2 aromatic rings. The molecule has 0 bridgehead atoms. The third kappa shape index (κ3) is 4.08. The van der Waals surface area contributed by atoms with Crippen LogP contribution in [0.3, 0.4) is 0 Å². The number of carboxylic acids is 1. The molecule has 2 N–H and O–H groups in total. The van der Waals surface area contributed by atoms with Gasteiger partial charge in [0.1, 0.15) is 5.03 Å². The first-order chi connectivity index (χ1) is 10.5. The van der Waals surface area contributed by atoms with Crippen LogP contribution in [0, 0.1) is 13.8 Å². The molecule has 1 amide bonds. The Bertz CT molecular complexity index is 716. The quantitative estimate of drug-likeness (QED) is 0.829. The zero-order chi connectivity index (χ0) is 16.1. The van der Waals surface area contributed by atoms with Crippen molar-refractivity contribution in [3.8, 4) is 0 Å². The number of anilines is 1. The molecule has 5 nitrogen and oxygen atoms in total. The fraction of sp³-hybridized carbons (Fsp3) is 0.188. The monoisotopic (exact) mass is 316 g/mol. The summed E-state index contributed by atoms with van der Waals surface area (Å²) in [6, 6.07) is 8.86. The molecule has 1 aromatic heterocycles. The molecule has 22 heavy (non-hydrogen) atoms. The van der Waals surface area contributed by atoms with Crippen molar-refractivity contribution in [2.24, 2.45) is 0 Å². The van der Waals surface area contributed by atoms with E-state index in [1.165, 1.54) is 12.3 Å². The lowest BCUT2D eigenvalue weighted by Crippen LogP contribution is -2.15. The highest BCUT2D eigenvalue weighted by molar-refractivity contribution is 8.00. The second-order valence-corrected chi connectivity index (χ2v) is 5.78. The fourth-order valence-corrected chi connectivity index (χ4v) is 2.65. The smallest absolute Gasteiger partial charge is 0.338 e. The minimum atomic E-state index is -1.05. The largest absolute Gasteiger partial charge is 0.478 e. The van der Waals surface area contributed by atoms with Gasteiger partial charge in [-0.1, -0.05) is 23.9 Å². The second kappa shape index (κ2) is 7.09. The molecule has 0 fully saturated rings. The number of nitrogens with one attached hydrogen (secondary N) is 1. The number of hydrogen-bond donors (Lipinski definition) is 2. The highest BCUT2D eigenvalue weighted by Crippen LogP contribution is 2.21. The van der Waals surface area contributed by atoms with Crippen LogP contribution in [0.2, 0.25) is 0 Å². The average Bonchev–Trinajstić information content (AvgIpc) is 2.49. The Morgan fingerprint density at radius 3 is 2.77 bits per heavy atom. The van der Waals surface area contributed by atoms with Crippen molar-refractivity contribution in [2.45, 2.75) is 18.9 Å². The van der Waals surface area contributed by atoms with Crippen LogP contribution in [0.1, 0.15) is 21.5 Å². The van der Waals surface area contributed by atoms with E-state index in [9.17, 15) is 9.59 Å². The Morgan fingerprint density at radius 1 is 1.27 bits per heavy atom. The number of nitrogens with zero attached hydrogens (tertiary/aromatic N) is 1. The third-order valence-electron chi connectivity index (χ3n) is 3.01. The number of rotatable bonds is 5. The van der Waals surface area contributed by atoms with Crippen LogP contribution in [-0.4, -0.2) is 27.7 Å². The molecule has 1 heterocycles. The Morgan fingerprint density at radius 2 is 2.05 bits per heavy atom. The number of aromatic nitrogens is 1. The van der Waals surface area contributed by atoms with Crippen LogP contribution < -0.4 is 5.32 Å². The van der Waals surface area contributed by atoms with Gasteiger partial charge >= 0.3 is 5.97 Å². The van der Waals surface area contributed by atoms with Crippen LogP contribution in [0.4, 0.5) is 5.69 Å². The van der Waals surface area contributed by atoms with Gasteiger partial charge in [0.05, 0.1) is 11.3 Å². The van der Waals surface area contributed by atoms with Crippen molar-refractivity contribution in [2.75, 3.05) is 11.1 Å². The van der Waals surface area contributed by atoms with Crippen LogP contribution in [0.25, 0.3) is 0 Å². The maximum absolute atomic E-state index is 12.0. The topological polar surface area (TPSA) is 79.3 Å². The molecule has 0 radical (unpaired) electrons. The number of pyridine rings is 1. The number of thioether (sulfide) groups is 1. The van der Waals surface area contributed by atoms with E-state index < -0.39 is 5.97 Å². The van der Waals surface area contributed by atoms with E-state index in [4.69, 9.17) is 5.11 Å². The minimum Gasteiger partial charge on any atom is -0.478 e. The van der Waals surface area contributed by atoms with Crippen LogP contribution in [-0.2, 0) is 4.79 Å². The summed E-state index contributed by atoms with van der Waals surface area (Å²) < 4.78 is 0. The summed E-state index contributed by atoms with van der Waals surface area (Å²) in [4.78, 5) is 27.1. The molecule has 0 spiro atoms. The Kier molecular flexibility index (Phi) is 5.16. The van der Waals surface area contributed by atoms with Gasteiger partial charge in [-0.25, -0.2) is 9.78 Å². The van der Waals surface area contributed by atoms with Gasteiger partial charge < -0.3 is 10.4 Å². The predicted octanol–water partition coefficient (Wildman–Crippen LogP) is 3.13. The number of carbonyl (C=O) groups is 2. The van der Waals surface area contributed by atoms with Gasteiger partial charge in [0.25, 0.3) is 0 Å². The van der Waals surface area contributed by atoms with Crippen LogP contribution in [0.15, 0.2) is 41.6 Å². The molecular formula is C16H16N2O3S. The number of aryl methyl sites for hydroxylation is 2. The van der Waals surface area contributed by atoms with Crippen molar-refractivity contribution in [1.82, 2.24) is 4.98 Å². The van der Waals surface area contributed by atoms with E-state index in [1.54, 1.807) is 6.07 Å². The van der Waals surface area contributed by atoms with Gasteiger partial charge in [-0.05, 0) is 43.2 Å². The highest BCUT2D eigenvalue weighted by Gasteiger charge is 2.13. The van der Waals surface area contributed by atoms with Crippen molar-refractivity contribution in [3.05, 3.63) is 53.2 Å². The van der Waals surface area contributed by atoms with Gasteiger partial charge in [-0.15, -0.1) is 0 Å². The summed E-state index contributed by atoms with van der Waals surface area (Å²) in [5, 5.41) is 12.3. The molecule has 2 rings (SSSR count). The fourth-order valence-electron chi connectivity index (χ4n) is 1.86. The summed E-state index contributed by atoms with van der Waals surface area (Å²) in [6.07, 6.45) is 1.51. The van der Waals surface area contributed by atoms with Crippen molar-refractivity contribution in [1.29, 1.82) is 0 Å². The van der Waals surface area contributed by atoms with Gasteiger partial charge in [0.2, 0.25) is 5.91 Å². The van der Waals surface area contributed by atoms with Gasteiger partial charge in [0.15, 0.2) is 0 Å². The zero-order valence-corrected chi connectivity index (χ0v) is 13.1. The maximum atomic E-state index is 12.0. The number of aromatic carboxylic acids is 1. The SMILES string of the molecule is Cc1ccc(C)c(NC(=O)CSc2ncccc2C(=O)O)c1. The van der Waals surface area contributed by atoms with E-state index in [2.05, 4.69) is 10.3 Å². The first kappa shape index (κ1) is 16.0. The van der Waals surface area contributed by atoms with E-state index >= 15 is 0 Å². The van der Waals surface area contributed by atoms with Crippen molar-refractivity contribution in [3.63, 3.8) is 0 Å². The molecule has 114 valence electrons. The zero-order valence-electron chi connectivity index (χ0n) is 12.3. The summed E-state index contributed by atoms with van der Waals surface area (Å²) in [7, 11) is 0. The molecule has 0 aliphatic heterocycles. The van der Waals surface area contributed by atoms with E-state index in [0.29, 0.717) is 5.03 Å². The van der Waals surface area contributed by atoms with Gasteiger partial charge in [-0.2, -0.15) is 0 Å². The number of benzene rings is 1. The van der Waals surface area contributed by atoms with Gasteiger partial charge in [-0.3, -0.25) is 4.79 Å². The van der Waals surface area contributed by atoms with E-state index in [1.807, 2.05) is 32.0 Å². The normalized spacial score (nSPS) is 10.3. The summed E-state index contributed by atoms with van der Waals surface area (Å²) in [5.74, 6) is -1.14. The van der Waals surface area contributed by atoms with Crippen molar-refractivity contribution >= 4 is 29.3 Å². The number of hydrogen-bond acceptors (Lipinski definition) is 4. The van der Waals surface area contributed by atoms with E-state index in [0.717, 1.165) is 28.6 Å². The molecular weight excluding hydrogens is 300 g/mol. The molecule has 0 aliphatic carbocycles. The summed E-state index contributed by atoms with van der Waals surface area (Å²) in [6.45, 7) is 3.88. The molecule has 0 atom stereocenters. The minimum absolute atomic E-state index is 0.102. The first-order valence-electron chi connectivity index (χ1n) is 6.65. The average molecular weight is 316 g/mol. The maximum Gasteiger partial charge on any atom is 0.338 e.